The Balaban J connectivity index is 1.88. The second kappa shape index (κ2) is 6.88. The molecule has 2 aromatic rings. The lowest BCUT2D eigenvalue weighted by Gasteiger charge is -2.08. The van der Waals surface area contributed by atoms with Gasteiger partial charge in [-0.15, -0.1) is 0 Å². The third-order valence-electron chi connectivity index (χ3n) is 3.14. The van der Waals surface area contributed by atoms with Gasteiger partial charge < -0.3 is 5.32 Å². The van der Waals surface area contributed by atoms with Crippen LogP contribution in [0.2, 0.25) is 0 Å². The molecule has 7 nitrogen and oxygen atoms in total. The first-order chi connectivity index (χ1) is 10.8. The van der Waals surface area contributed by atoms with Crippen LogP contribution in [-0.4, -0.2) is 37.6 Å². The summed E-state index contributed by atoms with van der Waals surface area (Å²) in [5, 5.41) is 9.00. The Morgan fingerprint density at radius 2 is 1.87 bits per heavy atom. The van der Waals surface area contributed by atoms with Crippen molar-refractivity contribution in [1.29, 1.82) is 0 Å². The zero-order chi connectivity index (χ0) is 17.0. The van der Waals surface area contributed by atoms with Crippen LogP contribution in [0.5, 0.6) is 0 Å². The number of nitrogens with zero attached hydrogens (tertiary/aromatic N) is 1. The van der Waals surface area contributed by atoms with E-state index in [1.165, 1.54) is 24.3 Å². The lowest BCUT2D eigenvalue weighted by atomic mass is 10.2. The van der Waals surface area contributed by atoms with Crippen molar-refractivity contribution >= 4 is 15.9 Å². The number of nitrogens with one attached hydrogen (secondary N) is 3. The van der Waals surface area contributed by atoms with E-state index in [2.05, 4.69) is 20.2 Å². The molecule has 0 fully saturated rings. The first-order valence-corrected chi connectivity index (χ1v) is 8.34. The number of H-pyrrole nitrogens is 1. The molecular formula is C14H17FN4O3S. The molecule has 9 heteroatoms. The van der Waals surface area contributed by atoms with Crippen molar-refractivity contribution in [3.05, 3.63) is 47.0 Å². The summed E-state index contributed by atoms with van der Waals surface area (Å²) in [6.07, 6.45) is 0. The number of carbonyl (C=O) groups is 1. The van der Waals surface area contributed by atoms with Crippen molar-refractivity contribution < 1.29 is 17.6 Å². The molecule has 0 saturated carbocycles. The molecule has 0 saturated heterocycles. The molecule has 0 radical (unpaired) electrons. The largest absolute Gasteiger partial charge is 0.351 e. The van der Waals surface area contributed by atoms with Crippen molar-refractivity contribution in [3.8, 4) is 0 Å². The number of halogens is 1. The van der Waals surface area contributed by atoms with Crippen LogP contribution >= 0.6 is 0 Å². The third kappa shape index (κ3) is 4.14. The highest BCUT2D eigenvalue weighted by molar-refractivity contribution is 7.89. The summed E-state index contributed by atoms with van der Waals surface area (Å²) < 4.78 is 39.5. The predicted molar refractivity (Wildman–Crippen MR) is 82.0 cm³/mol. The maximum absolute atomic E-state index is 12.8. The lowest BCUT2D eigenvalue weighted by molar-refractivity contribution is 0.0954. The van der Waals surface area contributed by atoms with E-state index in [4.69, 9.17) is 0 Å². The molecule has 0 spiro atoms. The fraction of sp³-hybridized carbons (Fsp3) is 0.286. The first-order valence-electron chi connectivity index (χ1n) is 6.86. The number of hydrogen-bond acceptors (Lipinski definition) is 4. The molecule has 0 atom stereocenters. The molecule has 124 valence electrons. The molecule has 3 N–H and O–H groups in total. The molecule has 0 aliphatic heterocycles. The fourth-order valence-electron chi connectivity index (χ4n) is 2.07. The highest BCUT2D eigenvalue weighted by Gasteiger charge is 2.21. The molecular weight excluding hydrogens is 323 g/mol. The maximum atomic E-state index is 12.8. The van der Waals surface area contributed by atoms with E-state index in [0.717, 1.165) is 0 Å². The molecule has 0 bridgehead atoms. The average Bonchev–Trinajstić information content (AvgIpc) is 2.84. The summed E-state index contributed by atoms with van der Waals surface area (Å²) >= 11 is 0. The quantitative estimate of drug-likeness (QED) is 0.679. The number of hydrogen-bond donors (Lipinski definition) is 3. The van der Waals surface area contributed by atoms with Gasteiger partial charge in [-0.1, -0.05) is 0 Å². The zero-order valence-corrected chi connectivity index (χ0v) is 13.5. The van der Waals surface area contributed by atoms with Gasteiger partial charge in [-0.25, -0.2) is 17.5 Å². The van der Waals surface area contributed by atoms with Crippen LogP contribution in [0, 0.1) is 19.7 Å². The average molecular weight is 340 g/mol. The van der Waals surface area contributed by atoms with Crippen LogP contribution in [0.25, 0.3) is 0 Å². The fourth-order valence-corrected chi connectivity index (χ4v) is 3.47. The van der Waals surface area contributed by atoms with Gasteiger partial charge in [0.15, 0.2) is 0 Å². The summed E-state index contributed by atoms with van der Waals surface area (Å²) in [5.74, 6) is -0.833. The number of amides is 1. The normalized spacial score (nSPS) is 11.4. The maximum Gasteiger partial charge on any atom is 0.251 e. The minimum atomic E-state index is -3.69. The smallest absolute Gasteiger partial charge is 0.251 e. The Morgan fingerprint density at radius 3 is 2.43 bits per heavy atom. The van der Waals surface area contributed by atoms with Crippen molar-refractivity contribution in [2.45, 2.75) is 18.7 Å². The number of aromatic nitrogens is 2. The second-order valence-corrected chi connectivity index (χ2v) is 6.63. The van der Waals surface area contributed by atoms with Gasteiger partial charge >= 0.3 is 0 Å². The standard InChI is InChI=1S/C14H17FN4O3S/c1-9-13(10(2)19-18-9)23(21,22)17-8-7-16-14(20)11-3-5-12(15)6-4-11/h3-6,17H,7-8H2,1-2H3,(H,16,20)(H,18,19). The molecule has 2 rings (SSSR count). The van der Waals surface area contributed by atoms with Gasteiger partial charge in [0.05, 0.1) is 11.4 Å². The Bertz CT molecular complexity index is 780. The molecule has 0 unspecified atom stereocenters. The summed E-state index contributed by atoms with van der Waals surface area (Å²) in [6, 6.07) is 5.07. The molecule has 1 amide bonds. The number of rotatable bonds is 6. The topological polar surface area (TPSA) is 104 Å². The number of carbonyl (C=O) groups excluding carboxylic acids is 1. The van der Waals surface area contributed by atoms with Gasteiger partial charge in [0.25, 0.3) is 5.91 Å². The Kier molecular flexibility index (Phi) is 5.12. The van der Waals surface area contributed by atoms with E-state index in [-0.39, 0.29) is 18.0 Å². The van der Waals surface area contributed by atoms with Crippen LogP contribution < -0.4 is 10.0 Å². The Hall–Kier alpha value is -2.26. The predicted octanol–water partition coefficient (Wildman–Crippen LogP) is 0.874. The number of aromatic amines is 1. The molecule has 0 aliphatic carbocycles. The van der Waals surface area contributed by atoms with Crippen LogP contribution in [0.3, 0.4) is 0 Å². The Labute approximate surface area is 133 Å². The van der Waals surface area contributed by atoms with Crippen LogP contribution in [0.1, 0.15) is 21.7 Å². The molecule has 23 heavy (non-hydrogen) atoms. The Morgan fingerprint density at radius 1 is 1.22 bits per heavy atom. The van der Waals surface area contributed by atoms with E-state index < -0.39 is 21.7 Å². The SMILES string of the molecule is Cc1n[nH]c(C)c1S(=O)(=O)NCCNC(=O)c1ccc(F)cc1. The van der Waals surface area contributed by atoms with Gasteiger partial charge in [0.2, 0.25) is 10.0 Å². The van der Waals surface area contributed by atoms with Crippen molar-refractivity contribution in [2.75, 3.05) is 13.1 Å². The van der Waals surface area contributed by atoms with Gasteiger partial charge in [0, 0.05) is 18.7 Å². The summed E-state index contributed by atoms with van der Waals surface area (Å²) in [5.41, 5.74) is 1.13. The molecule has 1 aromatic heterocycles. The van der Waals surface area contributed by atoms with E-state index in [1.54, 1.807) is 13.8 Å². The monoisotopic (exact) mass is 340 g/mol. The van der Waals surface area contributed by atoms with E-state index in [1.807, 2.05) is 0 Å². The van der Waals surface area contributed by atoms with Crippen molar-refractivity contribution in [3.63, 3.8) is 0 Å². The summed E-state index contributed by atoms with van der Waals surface area (Å²) in [6.45, 7) is 3.34. The van der Waals surface area contributed by atoms with E-state index in [9.17, 15) is 17.6 Å². The van der Waals surface area contributed by atoms with Gasteiger partial charge in [-0.05, 0) is 38.1 Å². The number of aryl methyl sites for hydroxylation is 2. The van der Waals surface area contributed by atoms with Gasteiger partial charge in [-0.2, -0.15) is 5.10 Å². The summed E-state index contributed by atoms with van der Waals surface area (Å²) in [7, 11) is -3.69. The highest BCUT2D eigenvalue weighted by Crippen LogP contribution is 2.15. The zero-order valence-electron chi connectivity index (χ0n) is 12.7. The first kappa shape index (κ1) is 17.1. The molecule has 0 aliphatic rings. The molecule has 1 aromatic carbocycles. The van der Waals surface area contributed by atoms with Crippen molar-refractivity contribution in [2.24, 2.45) is 0 Å². The van der Waals surface area contributed by atoms with Crippen molar-refractivity contribution in [1.82, 2.24) is 20.2 Å². The van der Waals surface area contributed by atoms with Crippen LogP contribution in [-0.2, 0) is 10.0 Å². The van der Waals surface area contributed by atoms with E-state index in [0.29, 0.717) is 17.0 Å². The van der Waals surface area contributed by atoms with E-state index >= 15 is 0 Å². The second-order valence-electron chi connectivity index (χ2n) is 4.92. The highest BCUT2D eigenvalue weighted by atomic mass is 32.2. The van der Waals surface area contributed by atoms with Crippen LogP contribution in [0.4, 0.5) is 4.39 Å². The molecule has 1 heterocycles. The summed E-state index contributed by atoms with van der Waals surface area (Å²) in [4.78, 5) is 11.9. The van der Waals surface area contributed by atoms with Gasteiger partial charge in [-0.3, -0.25) is 9.89 Å². The minimum absolute atomic E-state index is 0.0271. The number of sulfonamides is 1. The minimum Gasteiger partial charge on any atom is -0.351 e. The van der Waals surface area contributed by atoms with Crippen LogP contribution in [0.15, 0.2) is 29.2 Å². The lowest BCUT2D eigenvalue weighted by Crippen LogP contribution is -2.35. The van der Waals surface area contributed by atoms with Gasteiger partial charge in [0.1, 0.15) is 10.7 Å². The third-order valence-corrected chi connectivity index (χ3v) is 4.86. The number of benzene rings is 1.